The maximum atomic E-state index is 13.6. The van der Waals surface area contributed by atoms with Gasteiger partial charge in [-0.05, 0) is 34.1 Å². The van der Waals surface area contributed by atoms with Crippen molar-refractivity contribution in [3.05, 3.63) is 44.8 Å². The Morgan fingerprint density at radius 2 is 2.24 bits per heavy atom. The lowest BCUT2D eigenvalue weighted by molar-refractivity contribution is 0.0946. The number of aromatic nitrogens is 2. The summed E-state index contributed by atoms with van der Waals surface area (Å²) in [7, 11) is 1.53. The third kappa shape index (κ3) is 3.88. The Morgan fingerprint density at radius 3 is 2.88 bits per heavy atom. The number of fused-ring (bicyclic) bond motifs is 1. The zero-order valence-corrected chi connectivity index (χ0v) is 16.5. The molecule has 0 aliphatic rings. The molecule has 0 aliphatic carbocycles. The Balaban J connectivity index is 1.80. The second-order valence-corrected chi connectivity index (χ2v) is 7.79. The Hall–Kier alpha value is -1.44. The summed E-state index contributed by atoms with van der Waals surface area (Å²) in [6.07, 6.45) is 0.642. The monoisotopic (exact) mass is 447 g/mol. The van der Waals surface area contributed by atoms with Crippen molar-refractivity contribution in [1.29, 1.82) is 0 Å². The smallest absolute Gasteiger partial charge is 0.293 e. The van der Waals surface area contributed by atoms with Gasteiger partial charge < -0.3 is 9.84 Å². The highest BCUT2D eigenvalue weighted by atomic mass is 79.9. The summed E-state index contributed by atoms with van der Waals surface area (Å²) in [6, 6.07) is 4.83. The number of nitrogens with zero attached hydrogens (tertiary/aromatic N) is 2. The van der Waals surface area contributed by atoms with Gasteiger partial charge in [-0.15, -0.1) is 11.3 Å². The number of thiophene rings is 1. The molecule has 2 heterocycles. The summed E-state index contributed by atoms with van der Waals surface area (Å²) < 4.78 is 33.2. The van der Waals surface area contributed by atoms with E-state index in [1.54, 1.807) is 18.2 Å². The van der Waals surface area contributed by atoms with Crippen LogP contribution in [-0.2, 0) is 18.6 Å². The minimum absolute atomic E-state index is 0.0944. The first-order valence-electron chi connectivity index (χ1n) is 7.28. The standard InChI is InChI=1S/C15H13BrF2N3O2PS/c1-2-10-20-11(23-21-10)6-19-14(22)7-3-4-9-8(5-7)12(16)13(25-9)15(17,18)24/h3-5H,2,6,24H2,1H3,(H,19,22). The maximum absolute atomic E-state index is 13.6. The van der Waals surface area contributed by atoms with Crippen LogP contribution in [0.4, 0.5) is 8.78 Å². The predicted octanol–water partition coefficient (Wildman–Crippen LogP) is 4.46. The molecule has 1 N–H and O–H groups in total. The van der Waals surface area contributed by atoms with Crippen LogP contribution in [0.1, 0.15) is 33.9 Å². The molecule has 0 saturated carbocycles. The van der Waals surface area contributed by atoms with Crippen molar-refractivity contribution in [1.82, 2.24) is 15.5 Å². The molecule has 1 aromatic carbocycles. The van der Waals surface area contributed by atoms with Crippen LogP contribution in [0.5, 0.6) is 0 Å². The van der Waals surface area contributed by atoms with Crippen LogP contribution in [0.25, 0.3) is 10.1 Å². The van der Waals surface area contributed by atoms with Crippen LogP contribution in [0.15, 0.2) is 27.2 Å². The Labute approximate surface area is 156 Å². The minimum Gasteiger partial charge on any atom is -0.343 e. The van der Waals surface area contributed by atoms with E-state index in [4.69, 9.17) is 4.52 Å². The lowest BCUT2D eigenvalue weighted by Crippen LogP contribution is -2.22. The Kier molecular flexibility index (Phi) is 5.18. The fourth-order valence-electron chi connectivity index (χ4n) is 2.19. The van der Waals surface area contributed by atoms with Crippen LogP contribution in [0.2, 0.25) is 0 Å². The van der Waals surface area contributed by atoms with Gasteiger partial charge in [0.15, 0.2) is 5.82 Å². The third-order valence-electron chi connectivity index (χ3n) is 3.42. The third-order valence-corrected chi connectivity index (χ3v) is 6.26. The van der Waals surface area contributed by atoms with E-state index < -0.39 is 5.66 Å². The van der Waals surface area contributed by atoms with Crippen molar-refractivity contribution in [2.45, 2.75) is 25.6 Å². The first kappa shape index (κ1) is 18.4. The highest BCUT2D eigenvalue weighted by Gasteiger charge is 2.31. The zero-order valence-electron chi connectivity index (χ0n) is 13.0. The van der Waals surface area contributed by atoms with Crippen molar-refractivity contribution in [2.24, 2.45) is 0 Å². The van der Waals surface area contributed by atoms with Crippen LogP contribution < -0.4 is 5.32 Å². The molecule has 3 aromatic rings. The number of aryl methyl sites for hydroxylation is 1. The molecule has 2 aromatic heterocycles. The lowest BCUT2D eigenvalue weighted by Gasteiger charge is -2.07. The lowest BCUT2D eigenvalue weighted by atomic mass is 10.1. The van der Waals surface area contributed by atoms with Gasteiger partial charge in [0.05, 0.1) is 11.4 Å². The molecule has 1 unspecified atom stereocenters. The SMILES string of the molecule is CCc1noc(CNC(=O)c2ccc3sc(C(F)(F)P)c(Br)c3c2)n1. The maximum Gasteiger partial charge on any atom is 0.293 e. The van der Waals surface area contributed by atoms with Crippen molar-refractivity contribution in [2.75, 3.05) is 0 Å². The average molecular weight is 448 g/mol. The largest absolute Gasteiger partial charge is 0.343 e. The van der Waals surface area contributed by atoms with Crippen LogP contribution in [0.3, 0.4) is 0 Å². The van der Waals surface area contributed by atoms with Gasteiger partial charge >= 0.3 is 0 Å². The van der Waals surface area contributed by atoms with E-state index in [2.05, 4.69) is 31.4 Å². The minimum atomic E-state index is -3.03. The van der Waals surface area contributed by atoms with Gasteiger partial charge in [0, 0.05) is 26.5 Å². The zero-order chi connectivity index (χ0) is 18.2. The van der Waals surface area contributed by atoms with E-state index in [1.807, 2.05) is 6.92 Å². The second-order valence-electron chi connectivity index (χ2n) is 5.22. The van der Waals surface area contributed by atoms with Gasteiger partial charge in [0.2, 0.25) is 5.89 Å². The van der Waals surface area contributed by atoms with E-state index in [-0.39, 0.29) is 17.3 Å². The molecule has 5 nitrogen and oxygen atoms in total. The van der Waals surface area contributed by atoms with Gasteiger partial charge in [-0.25, -0.2) is 0 Å². The van der Waals surface area contributed by atoms with Crippen molar-refractivity contribution < 1.29 is 18.1 Å². The van der Waals surface area contributed by atoms with Gasteiger partial charge in [0.25, 0.3) is 11.6 Å². The first-order valence-corrected chi connectivity index (χ1v) is 9.47. The fourth-order valence-corrected chi connectivity index (χ4v) is 4.65. The molecular weight excluding hydrogens is 435 g/mol. The highest BCUT2D eigenvalue weighted by molar-refractivity contribution is 9.10. The number of carbonyl (C=O) groups is 1. The number of halogens is 3. The normalized spacial score (nSPS) is 11.9. The molecule has 0 saturated heterocycles. The number of alkyl halides is 2. The molecule has 0 fully saturated rings. The molecule has 0 bridgehead atoms. The van der Waals surface area contributed by atoms with E-state index in [9.17, 15) is 13.6 Å². The molecule has 132 valence electrons. The number of rotatable bonds is 5. The molecule has 0 aliphatic heterocycles. The average Bonchev–Trinajstić information content (AvgIpc) is 3.16. The summed E-state index contributed by atoms with van der Waals surface area (Å²) >= 11 is 4.19. The van der Waals surface area contributed by atoms with Crippen molar-refractivity contribution in [3.63, 3.8) is 0 Å². The molecule has 10 heteroatoms. The van der Waals surface area contributed by atoms with E-state index >= 15 is 0 Å². The first-order chi connectivity index (χ1) is 11.8. The van der Waals surface area contributed by atoms with Crippen molar-refractivity contribution in [3.8, 4) is 0 Å². The molecule has 0 spiro atoms. The second kappa shape index (κ2) is 7.05. The fraction of sp³-hybridized carbons (Fsp3) is 0.267. The number of amides is 1. The van der Waals surface area contributed by atoms with Crippen LogP contribution in [0, 0.1) is 0 Å². The van der Waals surface area contributed by atoms with Gasteiger partial charge in [0.1, 0.15) is 0 Å². The number of hydrogen-bond donors (Lipinski definition) is 1. The molecule has 3 rings (SSSR count). The summed E-state index contributed by atoms with van der Waals surface area (Å²) in [4.78, 5) is 16.3. The van der Waals surface area contributed by atoms with E-state index in [1.165, 1.54) is 9.24 Å². The molecule has 25 heavy (non-hydrogen) atoms. The summed E-state index contributed by atoms with van der Waals surface area (Å²) in [5.74, 6) is 0.530. The van der Waals surface area contributed by atoms with E-state index in [0.29, 0.717) is 38.3 Å². The number of nitrogens with one attached hydrogen (secondary N) is 1. The van der Waals surface area contributed by atoms with Crippen molar-refractivity contribution >= 4 is 52.5 Å². The summed E-state index contributed by atoms with van der Waals surface area (Å²) in [6.45, 7) is 2.00. The summed E-state index contributed by atoms with van der Waals surface area (Å²) in [5, 5.41) is 6.99. The highest BCUT2D eigenvalue weighted by Crippen LogP contribution is 2.47. The number of carbonyl (C=O) groups excluding carboxylic acids is 1. The van der Waals surface area contributed by atoms with E-state index in [0.717, 1.165) is 11.3 Å². The molecule has 1 amide bonds. The molecular formula is C15H13BrF2N3O2PS. The predicted molar refractivity (Wildman–Crippen MR) is 98.0 cm³/mol. The van der Waals surface area contributed by atoms with Gasteiger partial charge in [-0.1, -0.05) is 21.3 Å². The molecule has 1 atom stereocenters. The van der Waals surface area contributed by atoms with Gasteiger partial charge in [-0.2, -0.15) is 13.8 Å². The topological polar surface area (TPSA) is 68.0 Å². The van der Waals surface area contributed by atoms with Gasteiger partial charge in [-0.3, -0.25) is 4.79 Å². The quantitative estimate of drug-likeness (QED) is 0.586. The number of benzene rings is 1. The number of hydrogen-bond acceptors (Lipinski definition) is 5. The van der Waals surface area contributed by atoms with Crippen LogP contribution in [-0.4, -0.2) is 16.0 Å². The molecule has 0 radical (unpaired) electrons. The van der Waals surface area contributed by atoms with Crippen LogP contribution >= 0.6 is 36.5 Å². The Bertz CT molecular complexity index is 939. The summed E-state index contributed by atoms with van der Waals surface area (Å²) in [5.41, 5.74) is -2.67. The Morgan fingerprint density at radius 1 is 1.48 bits per heavy atom.